The van der Waals surface area contributed by atoms with Crippen molar-refractivity contribution < 1.29 is 39.7 Å². The number of amides is 1. The smallest absolute Gasteiger partial charge is 0.451 e. The molecular formula is C18H24BNO8. The molecule has 1 aromatic rings. The van der Waals surface area contributed by atoms with E-state index in [0.717, 1.165) is 0 Å². The van der Waals surface area contributed by atoms with Gasteiger partial charge < -0.3 is 35.0 Å². The topological polar surface area (TPSA) is 148 Å². The Hall–Kier alpha value is -2.30. The van der Waals surface area contributed by atoms with Gasteiger partial charge in [0.15, 0.2) is 0 Å². The zero-order valence-corrected chi connectivity index (χ0v) is 15.3. The number of carbonyl (C=O) groups excluding carboxylic acids is 1. The number of rotatable bonds is 7. The van der Waals surface area contributed by atoms with Crippen molar-refractivity contribution in [1.82, 2.24) is 4.90 Å². The standard InChI is InChI=1S/C18H24BNO8/c21-12-3-1-11(7-12)17(23)20-8-13(9-20)28-14-4-2-10(5-6-19(26)27)16(22)15(14)18(24)25/h2,4,11-13,21-22,26-27H,1,3,5-9H2,(H,24,25)/t11-,12-/m0/s1. The summed E-state index contributed by atoms with van der Waals surface area (Å²) < 4.78 is 5.69. The molecule has 0 aromatic heterocycles. The van der Waals surface area contributed by atoms with Crippen molar-refractivity contribution in [2.75, 3.05) is 13.1 Å². The summed E-state index contributed by atoms with van der Waals surface area (Å²) in [6.45, 7) is 0.646. The van der Waals surface area contributed by atoms with Crippen molar-refractivity contribution in [3.05, 3.63) is 23.3 Å². The highest BCUT2D eigenvalue weighted by Crippen LogP contribution is 2.34. The second kappa shape index (κ2) is 8.38. The average molecular weight is 393 g/mol. The Labute approximate surface area is 162 Å². The van der Waals surface area contributed by atoms with Crippen LogP contribution in [0, 0.1) is 5.92 Å². The predicted octanol–water partition coefficient (Wildman–Crippen LogP) is -0.144. The van der Waals surface area contributed by atoms with Crippen LogP contribution < -0.4 is 4.74 Å². The van der Waals surface area contributed by atoms with Crippen LogP contribution in [0.4, 0.5) is 0 Å². The van der Waals surface area contributed by atoms with E-state index in [-0.39, 0.29) is 47.5 Å². The van der Waals surface area contributed by atoms with Crippen molar-refractivity contribution in [2.24, 2.45) is 5.92 Å². The molecule has 28 heavy (non-hydrogen) atoms. The van der Waals surface area contributed by atoms with Crippen molar-refractivity contribution in [2.45, 2.75) is 44.2 Å². The summed E-state index contributed by atoms with van der Waals surface area (Å²) in [5.74, 6) is -2.00. The number of ether oxygens (including phenoxy) is 1. The first-order valence-electron chi connectivity index (χ1n) is 9.34. The maximum atomic E-state index is 12.4. The van der Waals surface area contributed by atoms with Crippen LogP contribution in [0.25, 0.3) is 0 Å². The van der Waals surface area contributed by atoms with E-state index >= 15 is 0 Å². The summed E-state index contributed by atoms with van der Waals surface area (Å²) in [4.78, 5) is 25.6. The molecule has 1 heterocycles. The van der Waals surface area contributed by atoms with E-state index < -0.39 is 24.9 Å². The fourth-order valence-corrected chi connectivity index (χ4v) is 3.72. The van der Waals surface area contributed by atoms with E-state index in [0.29, 0.717) is 32.4 Å². The minimum Gasteiger partial charge on any atom is -0.507 e. The number of nitrogens with zero attached hydrogens (tertiary/aromatic N) is 1. The highest BCUT2D eigenvalue weighted by atomic mass is 16.5. The van der Waals surface area contributed by atoms with Gasteiger partial charge in [-0.25, -0.2) is 4.79 Å². The van der Waals surface area contributed by atoms with Gasteiger partial charge in [0.05, 0.1) is 19.2 Å². The molecule has 0 bridgehead atoms. The Morgan fingerprint density at radius 1 is 1.21 bits per heavy atom. The minimum atomic E-state index is -1.55. The van der Waals surface area contributed by atoms with Gasteiger partial charge in [-0.15, -0.1) is 0 Å². The number of carbonyl (C=O) groups is 2. The van der Waals surface area contributed by atoms with Crippen LogP contribution in [0.3, 0.4) is 0 Å². The third-order valence-electron chi connectivity index (χ3n) is 5.32. The number of aromatic hydroxyl groups is 1. The van der Waals surface area contributed by atoms with Crippen LogP contribution >= 0.6 is 0 Å². The number of hydrogen-bond acceptors (Lipinski definition) is 7. The lowest BCUT2D eigenvalue weighted by molar-refractivity contribution is -0.144. The van der Waals surface area contributed by atoms with Crippen LogP contribution in [0.5, 0.6) is 11.5 Å². The molecule has 1 saturated carbocycles. The van der Waals surface area contributed by atoms with Crippen molar-refractivity contribution in [3.63, 3.8) is 0 Å². The van der Waals surface area contributed by atoms with E-state index in [4.69, 9.17) is 14.8 Å². The van der Waals surface area contributed by atoms with Gasteiger partial charge in [0.1, 0.15) is 23.2 Å². The number of aryl methyl sites for hydroxylation is 1. The van der Waals surface area contributed by atoms with Gasteiger partial charge >= 0.3 is 13.1 Å². The predicted molar refractivity (Wildman–Crippen MR) is 98.1 cm³/mol. The van der Waals surface area contributed by atoms with E-state index in [2.05, 4.69) is 0 Å². The Morgan fingerprint density at radius 2 is 1.93 bits per heavy atom. The fraction of sp³-hybridized carbons (Fsp3) is 0.556. The molecule has 5 N–H and O–H groups in total. The Bertz CT molecular complexity index is 749. The van der Waals surface area contributed by atoms with Gasteiger partial charge in [-0.1, -0.05) is 6.07 Å². The molecule has 0 radical (unpaired) electrons. The molecule has 2 aliphatic rings. The number of likely N-dealkylation sites (tertiary alicyclic amines) is 1. The fourth-order valence-electron chi connectivity index (χ4n) is 3.72. The molecule has 3 rings (SSSR count). The molecule has 9 nitrogen and oxygen atoms in total. The summed E-state index contributed by atoms with van der Waals surface area (Å²) >= 11 is 0. The second-order valence-corrected chi connectivity index (χ2v) is 7.42. The summed E-state index contributed by atoms with van der Waals surface area (Å²) in [6.07, 6.45) is 1.04. The third-order valence-corrected chi connectivity index (χ3v) is 5.32. The van der Waals surface area contributed by atoms with Gasteiger partial charge in [-0.05, 0) is 43.6 Å². The van der Waals surface area contributed by atoms with Gasteiger partial charge in [0.2, 0.25) is 5.91 Å². The maximum Gasteiger partial charge on any atom is 0.451 e. The number of aromatic carboxylic acids is 1. The Balaban J connectivity index is 1.62. The highest BCUT2D eigenvalue weighted by Gasteiger charge is 2.39. The summed E-state index contributed by atoms with van der Waals surface area (Å²) in [7, 11) is -1.55. The number of hydrogen-bond donors (Lipinski definition) is 5. The zero-order chi connectivity index (χ0) is 20.4. The molecule has 2 atom stereocenters. The SMILES string of the molecule is O=C(O)c1c(OC2CN(C(=O)[C@H]3CC[C@H](O)C3)C2)ccc(CCB(O)O)c1O. The van der Waals surface area contributed by atoms with Crippen LogP contribution in [0.15, 0.2) is 12.1 Å². The number of carboxylic acids is 1. The Morgan fingerprint density at radius 3 is 2.50 bits per heavy atom. The molecule has 1 saturated heterocycles. The maximum absolute atomic E-state index is 12.4. The van der Waals surface area contributed by atoms with Gasteiger partial charge in [-0.2, -0.15) is 0 Å². The average Bonchev–Trinajstić information content (AvgIpc) is 3.02. The minimum absolute atomic E-state index is 0.00619. The summed E-state index contributed by atoms with van der Waals surface area (Å²) in [6, 6.07) is 2.92. The molecule has 1 amide bonds. The highest BCUT2D eigenvalue weighted by molar-refractivity contribution is 6.41. The first-order chi connectivity index (χ1) is 13.3. The first-order valence-corrected chi connectivity index (χ1v) is 9.34. The van der Waals surface area contributed by atoms with E-state index in [1.807, 2.05) is 0 Å². The lowest BCUT2D eigenvalue weighted by Crippen LogP contribution is -2.57. The van der Waals surface area contributed by atoms with E-state index in [1.165, 1.54) is 12.1 Å². The molecule has 1 aromatic carbocycles. The molecule has 1 aliphatic carbocycles. The normalized spacial score (nSPS) is 22.0. The lowest BCUT2D eigenvalue weighted by Gasteiger charge is -2.40. The van der Waals surface area contributed by atoms with Gasteiger partial charge in [0.25, 0.3) is 0 Å². The Kier molecular flexibility index (Phi) is 6.12. The molecule has 2 fully saturated rings. The van der Waals surface area contributed by atoms with Crippen molar-refractivity contribution in [1.29, 1.82) is 0 Å². The molecule has 10 heteroatoms. The van der Waals surface area contributed by atoms with Crippen LogP contribution in [0.2, 0.25) is 6.32 Å². The monoisotopic (exact) mass is 393 g/mol. The number of carboxylic acid groups (broad SMARTS) is 1. The van der Waals surface area contributed by atoms with Crippen molar-refractivity contribution >= 4 is 19.0 Å². The van der Waals surface area contributed by atoms with Crippen molar-refractivity contribution in [3.8, 4) is 11.5 Å². The summed E-state index contributed by atoms with van der Waals surface area (Å²) in [5.41, 5.74) is -0.100. The summed E-state index contributed by atoms with van der Waals surface area (Å²) in [5, 5.41) is 47.1. The van der Waals surface area contributed by atoms with E-state index in [1.54, 1.807) is 4.90 Å². The quantitative estimate of drug-likeness (QED) is 0.402. The number of aliphatic hydroxyl groups excluding tert-OH is 1. The van der Waals surface area contributed by atoms with Crippen LogP contribution in [-0.2, 0) is 11.2 Å². The van der Waals surface area contributed by atoms with Crippen LogP contribution in [0.1, 0.15) is 35.2 Å². The van der Waals surface area contributed by atoms with Crippen LogP contribution in [-0.4, -0.2) is 74.6 Å². The first kappa shape index (κ1) is 20.4. The number of aliphatic hydroxyl groups is 1. The molecule has 152 valence electrons. The molecule has 0 unspecified atom stereocenters. The van der Waals surface area contributed by atoms with E-state index in [9.17, 15) is 24.9 Å². The number of benzene rings is 1. The molecule has 0 spiro atoms. The lowest BCUT2D eigenvalue weighted by atomic mass is 9.82. The molecule has 1 aliphatic heterocycles. The molecular weight excluding hydrogens is 369 g/mol. The second-order valence-electron chi connectivity index (χ2n) is 7.42. The largest absolute Gasteiger partial charge is 0.507 e. The zero-order valence-electron chi connectivity index (χ0n) is 15.3. The van der Waals surface area contributed by atoms with Gasteiger partial charge in [0, 0.05) is 5.92 Å². The third kappa shape index (κ3) is 4.40. The number of phenols is 1. The van der Waals surface area contributed by atoms with Gasteiger partial charge in [-0.3, -0.25) is 4.79 Å².